The van der Waals surface area contributed by atoms with Crippen molar-refractivity contribution in [1.82, 2.24) is 0 Å². The molecular weight excluding hydrogens is 316 g/mol. The molecule has 0 aromatic heterocycles. The third kappa shape index (κ3) is 3.46. The second-order valence-corrected chi connectivity index (χ2v) is 5.03. The van der Waals surface area contributed by atoms with E-state index in [2.05, 4.69) is 5.32 Å². The van der Waals surface area contributed by atoms with Gasteiger partial charge in [-0.25, -0.2) is 0 Å². The zero-order chi connectivity index (χ0) is 17.9. The highest BCUT2D eigenvalue weighted by Crippen LogP contribution is 2.27. The van der Waals surface area contributed by atoms with Crippen molar-refractivity contribution in [3.63, 3.8) is 0 Å². The number of nitrogens with zero attached hydrogens (tertiary/aromatic N) is 2. The van der Waals surface area contributed by atoms with E-state index in [1.165, 1.54) is 24.3 Å². The normalized spacial score (nSPS) is 10.2. The minimum absolute atomic E-state index is 0.0389. The molecule has 0 saturated carbocycles. The Morgan fingerprint density at radius 1 is 1.12 bits per heavy atom. The number of hydrogen-bond donors (Lipinski definition) is 2. The molecule has 0 atom stereocenters. The van der Waals surface area contributed by atoms with E-state index in [1.807, 2.05) is 0 Å². The quantitative estimate of drug-likeness (QED) is 0.615. The van der Waals surface area contributed by atoms with Crippen LogP contribution in [0, 0.1) is 27.2 Å². The molecular formula is C15H14N4O5. The van der Waals surface area contributed by atoms with E-state index in [1.54, 1.807) is 13.0 Å². The molecule has 1 amide bonds. The minimum Gasteiger partial charge on any atom is -0.380 e. The van der Waals surface area contributed by atoms with Gasteiger partial charge in [0.05, 0.1) is 9.85 Å². The summed E-state index contributed by atoms with van der Waals surface area (Å²) in [7, 11) is 0. The van der Waals surface area contributed by atoms with Crippen LogP contribution in [0.1, 0.15) is 21.5 Å². The summed E-state index contributed by atoms with van der Waals surface area (Å²) < 4.78 is 0. The predicted octanol–water partition coefficient (Wildman–Crippen LogP) is 2.52. The number of nitro groups is 2. The Morgan fingerprint density at radius 2 is 1.79 bits per heavy atom. The SMILES string of the molecule is Cc1c(NCc2ccc(C(N)=O)cc2[N+](=O)[O-])cccc1[N+](=O)[O-]. The highest BCUT2D eigenvalue weighted by molar-refractivity contribution is 5.93. The van der Waals surface area contributed by atoms with Gasteiger partial charge in [0.2, 0.25) is 5.91 Å². The van der Waals surface area contributed by atoms with Crippen molar-refractivity contribution < 1.29 is 14.6 Å². The Labute approximate surface area is 136 Å². The number of hydrogen-bond acceptors (Lipinski definition) is 6. The van der Waals surface area contributed by atoms with Crippen LogP contribution in [0.4, 0.5) is 17.1 Å². The highest BCUT2D eigenvalue weighted by Gasteiger charge is 2.18. The second-order valence-electron chi connectivity index (χ2n) is 5.03. The summed E-state index contributed by atoms with van der Waals surface area (Å²) in [6, 6.07) is 8.48. The van der Waals surface area contributed by atoms with E-state index in [0.717, 1.165) is 6.07 Å². The maximum Gasteiger partial charge on any atom is 0.275 e. The van der Waals surface area contributed by atoms with Gasteiger partial charge < -0.3 is 11.1 Å². The van der Waals surface area contributed by atoms with Gasteiger partial charge in [0.25, 0.3) is 11.4 Å². The fourth-order valence-corrected chi connectivity index (χ4v) is 2.24. The van der Waals surface area contributed by atoms with E-state index in [9.17, 15) is 25.0 Å². The molecule has 2 aromatic rings. The van der Waals surface area contributed by atoms with E-state index >= 15 is 0 Å². The van der Waals surface area contributed by atoms with E-state index in [0.29, 0.717) is 16.8 Å². The lowest BCUT2D eigenvalue weighted by Gasteiger charge is -2.10. The summed E-state index contributed by atoms with van der Waals surface area (Å²) >= 11 is 0. The van der Waals surface area contributed by atoms with Crippen LogP contribution < -0.4 is 11.1 Å². The standard InChI is InChI=1S/C15H14N4O5/c1-9-12(3-2-4-13(9)18(21)22)17-8-11-6-5-10(15(16)20)7-14(11)19(23)24/h2-7,17H,8H2,1H3,(H2,16,20). The van der Waals surface area contributed by atoms with Gasteiger partial charge in [0.15, 0.2) is 0 Å². The fourth-order valence-electron chi connectivity index (χ4n) is 2.24. The molecule has 2 rings (SSSR count). The van der Waals surface area contributed by atoms with Gasteiger partial charge in [-0.2, -0.15) is 0 Å². The number of benzene rings is 2. The fraction of sp³-hybridized carbons (Fsp3) is 0.133. The maximum atomic E-state index is 11.2. The number of nitrogens with one attached hydrogen (secondary N) is 1. The Bertz CT molecular complexity index is 835. The third-order valence-electron chi connectivity index (χ3n) is 3.54. The van der Waals surface area contributed by atoms with Crippen molar-refractivity contribution in [1.29, 1.82) is 0 Å². The van der Waals surface area contributed by atoms with Crippen LogP contribution in [0.25, 0.3) is 0 Å². The van der Waals surface area contributed by atoms with Crippen LogP contribution in [-0.2, 0) is 6.54 Å². The minimum atomic E-state index is -0.757. The lowest BCUT2D eigenvalue weighted by Crippen LogP contribution is -2.12. The number of primary amides is 1. The molecule has 0 heterocycles. The van der Waals surface area contributed by atoms with Gasteiger partial charge in [-0.1, -0.05) is 6.07 Å². The van der Waals surface area contributed by atoms with Gasteiger partial charge >= 0.3 is 0 Å². The van der Waals surface area contributed by atoms with Crippen LogP contribution in [-0.4, -0.2) is 15.8 Å². The molecule has 9 nitrogen and oxygen atoms in total. The Balaban J connectivity index is 2.30. The first-order valence-corrected chi connectivity index (χ1v) is 6.86. The Hall–Kier alpha value is -3.49. The molecule has 0 aliphatic carbocycles. The van der Waals surface area contributed by atoms with Crippen molar-refractivity contribution in [3.8, 4) is 0 Å². The predicted molar refractivity (Wildman–Crippen MR) is 86.8 cm³/mol. The van der Waals surface area contributed by atoms with Crippen LogP contribution >= 0.6 is 0 Å². The molecule has 0 saturated heterocycles. The first-order chi connectivity index (χ1) is 11.3. The van der Waals surface area contributed by atoms with E-state index < -0.39 is 15.8 Å². The number of carbonyl (C=O) groups is 1. The van der Waals surface area contributed by atoms with Crippen LogP contribution in [0.2, 0.25) is 0 Å². The number of amides is 1. The van der Waals surface area contributed by atoms with Crippen molar-refractivity contribution in [2.45, 2.75) is 13.5 Å². The molecule has 0 unspecified atom stereocenters. The summed E-state index contributed by atoms with van der Waals surface area (Å²) in [6.07, 6.45) is 0. The Kier molecular flexibility index (Phi) is 4.73. The first-order valence-electron chi connectivity index (χ1n) is 6.86. The second kappa shape index (κ2) is 6.73. The van der Waals surface area contributed by atoms with Crippen LogP contribution in [0.3, 0.4) is 0 Å². The van der Waals surface area contributed by atoms with Gasteiger partial charge in [-0.15, -0.1) is 0 Å². The number of rotatable bonds is 6. The summed E-state index contributed by atoms with van der Waals surface area (Å²) in [5, 5.41) is 25.0. The van der Waals surface area contributed by atoms with Crippen molar-refractivity contribution in [2.24, 2.45) is 5.73 Å². The smallest absolute Gasteiger partial charge is 0.275 e. The van der Waals surface area contributed by atoms with Crippen molar-refractivity contribution >= 4 is 23.0 Å². The molecule has 9 heteroatoms. The van der Waals surface area contributed by atoms with Crippen molar-refractivity contribution in [3.05, 3.63) is 73.3 Å². The molecule has 0 fully saturated rings. The van der Waals surface area contributed by atoms with Crippen LogP contribution in [0.5, 0.6) is 0 Å². The Morgan fingerprint density at radius 3 is 2.38 bits per heavy atom. The molecule has 0 spiro atoms. The molecule has 0 aliphatic heterocycles. The van der Waals surface area contributed by atoms with E-state index in [4.69, 9.17) is 5.73 Å². The van der Waals surface area contributed by atoms with Crippen molar-refractivity contribution in [2.75, 3.05) is 5.32 Å². The average molecular weight is 330 g/mol. The number of anilines is 1. The summed E-state index contributed by atoms with van der Waals surface area (Å²) in [6.45, 7) is 1.66. The maximum absolute atomic E-state index is 11.2. The molecule has 3 N–H and O–H groups in total. The van der Waals surface area contributed by atoms with E-state index in [-0.39, 0.29) is 23.5 Å². The zero-order valence-electron chi connectivity index (χ0n) is 12.7. The van der Waals surface area contributed by atoms with Gasteiger partial charge in [-0.05, 0) is 25.1 Å². The summed E-state index contributed by atoms with van der Waals surface area (Å²) in [5.74, 6) is -0.757. The zero-order valence-corrected chi connectivity index (χ0v) is 12.7. The molecule has 0 radical (unpaired) electrons. The summed E-state index contributed by atoms with van der Waals surface area (Å²) in [5.41, 5.74) is 6.13. The molecule has 24 heavy (non-hydrogen) atoms. The van der Waals surface area contributed by atoms with Gasteiger partial charge in [-0.3, -0.25) is 25.0 Å². The highest BCUT2D eigenvalue weighted by atomic mass is 16.6. The van der Waals surface area contributed by atoms with Crippen LogP contribution in [0.15, 0.2) is 36.4 Å². The summed E-state index contributed by atoms with van der Waals surface area (Å²) in [4.78, 5) is 32.1. The monoisotopic (exact) mass is 330 g/mol. The molecule has 0 aliphatic rings. The lowest BCUT2D eigenvalue weighted by molar-refractivity contribution is -0.385. The number of nitrogens with two attached hydrogens (primary N) is 1. The number of nitro benzene ring substituents is 2. The average Bonchev–Trinajstić information content (AvgIpc) is 2.53. The topological polar surface area (TPSA) is 141 Å². The molecule has 2 aromatic carbocycles. The first kappa shape index (κ1) is 16.9. The van der Waals surface area contributed by atoms with Gasteiger partial charge in [0.1, 0.15) is 0 Å². The molecule has 124 valence electrons. The third-order valence-corrected chi connectivity index (χ3v) is 3.54. The largest absolute Gasteiger partial charge is 0.380 e. The lowest BCUT2D eigenvalue weighted by atomic mass is 10.1. The molecule has 0 bridgehead atoms. The number of carbonyl (C=O) groups excluding carboxylic acids is 1. The van der Waals surface area contributed by atoms with Gasteiger partial charge in [0, 0.05) is 41.1 Å².